The zero-order valence-corrected chi connectivity index (χ0v) is 47.1. The zero-order valence-electron chi connectivity index (χ0n) is 33.8. The van der Waals surface area contributed by atoms with Gasteiger partial charge in [0.15, 0.2) is 0 Å². The van der Waals surface area contributed by atoms with Crippen LogP contribution in [0, 0.1) is 0 Å². The van der Waals surface area contributed by atoms with Crippen molar-refractivity contribution in [1.82, 2.24) is 0 Å². The molecule has 36 heteroatoms. The Morgan fingerprint density at radius 1 is 0.393 bits per heavy atom. The van der Waals surface area contributed by atoms with E-state index in [9.17, 15) is 0 Å². The standard InChI is InChI=1S/C5H10Cl3N12P5.C3H6Cl4N8P4.6C2H6/c1-4-10-12-21-14-16-24(7)18-23(6,9-3)19-25(8,20-24)17-15-22-13-11-5-2;1-3-9-10-16-11-12-19(7)14-17(4,5)13-18(6,8-2)15-19;6*1-2/h4-5H,3H2,1-2H3;3H,2H2,1H3;6*1-2H3/b10-4+,11-5+,16-14?,17-15?;9-3+,12-11?;;;;;;. The fraction of sp³-hybridized carbons (Fsp3) is 0.750. The fourth-order valence-corrected chi connectivity index (χ4v) is 30.5. The zero-order chi connectivity index (χ0) is 45.4. The molecule has 2 aliphatic rings. The highest BCUT2D eigenvalue weighted by molar-refractivity contribution is 8.17. The minimum absolute atomic E-state index is 0.191. The van der Waals surface area contributed by atoms with Gasteiger partial charge in [-0.1, -0.05) is 83.1 Å². The van der Waals surface area contributed by atoms with E-state index in [2.05, 4.69) is 109 Å². The van der Waals surface area contributed by atoms with Crippen molar-refractivity contribution in [3.8, 4) is 0 Å². The lowest BCUT2D eigenvalue weighted by atomic mass is 10.9. The molecule has 0 fully saturated rings. The highest BCUT2D eigenvalue weighted by Crippen LogP contribution is 2.86. The highest BCUT2D eigenvalue weighted by Gasteiger charge is 2.35. The van der Waals surface area contributed by atoms with Gasteiger partial charge in [0.1, 0.15) is 0 Å². The molecule has 5 unspecified atom stereocenters. The van der Waals surface area contributed by atoms with Crippen molar-refractivity contribution in [2.75, 3.05) is 0 Å². The molecule has 5 atom stereocenters. The molecule has 0 aromatic carbocycles. The van der Waals surface area contributed by atoms with Crippen LogP contribution in [0.1, 0.15) is 104 Å². The minimum Gasteiger partial charge on any atom is -0.227 e. The van der Waals surface area contributed by atoms with Crippen LogP contribution in [-0.2, 0) is 0 Å². The SMILES string of the molecule is C=NP1(Cl)=NP(Cl)(N=NP=N/N=C/C)=NP(Cl)(Cl)=N1.C=NP1(Cl)=NP(Cl)(N=NP=N/N=C/C)=NP(Cl)(N=NP=N/N=C/C)=N1.CC.CC.CC.CC.CC.CC. The maximum absolute atomic E-state index is 6.32. The second-order valence-electron chi connectivity index (χ2n) is 5.95. The lowest BCUT2D eigenvalue weighted by Gasteiger charge is -2.18. The van der Waals surface area contributed by atoms with Crippen LogP contribution in [0.5, 0.6) is 0 Å². The molecule has 0 N–H and O–H groups in total. The van der Waals surface area contributed by atoms with Gasteiger partial charge in [0.05, 0.1) is 0 Å². The average Bonchev–Trinajstić information content (AvgIpc) is 3.18. The molecule has 326 valence electrons. The van der Waals surface area contributed by atoms with Crippen LogP contribution in [-0.4, -0.2) is 32.1 Å². The maximum atomic E-state index is 6.32. The van der Waals surface area contributed by atoms with E-state index in [0.29, 0.717) is 0 Å². The molecule has 0 spiro atoms. The van der Waals surface area contributed by atoms with Gasteiger partial charge in [0.2, 0.25) is 25.6 Å². The van der Waals surface area contributed by atoms with Gasteiger partial charge in [-0.05, 0) is 113 Å². The molecule has 0 aromatic rings. The summed E-state index contributed by atoms with van der Waals surface area (Å²) in [6.45, 7) is 19.9. The second-order valence-corrected chi connectivity index (χ2v) is 29.0. The van der Waals surface area contributed by atoms with E-state index in [0.717, 1.165) is 0 Å². The molecule has 0 radical (unpaired) electrons. The Morgan fingerprint density at radius 3 is 0.893 bits per heavy atom. The second kappa shape index (κ2) is 42.5. The summed E-state index contributed by atoms with van der Waals surface area (Å²) in [6.07, 6.45) is 4.47. The largest absolute Gasteiger partial charge is 0.303 e. The van der Waals surface area contributed by atoms with Crippen LogP contribution in [0.15, 0.2) is 95.8 Å². The average molecular weight is 1100 g/mol. The van der Waals surface area contributed by atoms with Gasteiger partial charge >= 0.3 is 20.1 Å². The molecule has 0 aliphatic carbocycles. The van der Waals surface area contributed by atoms with E-state index in [4.69, 9.17) is 78.7 Å². The minimum atomic E-state index is -3.28. The summed E-state index contributed by atoms with van der Waals surface area (Å²) in [5, 5.41) is 10.8. The van der Waals surface area contributed by atoms with E-state index in [-0.39, 0.29) is 25.6 Å². The molecule has 0 aromatic heterocycles. The lowest BCUT2D eigenvalue weighted by molar-refractivity contribution is 1.28. The molecule has 20 nitrogen and oxygen atoms in total. The summed E-state index contributed by atoms with van der Waals surface area (Å²) >= 11 is 42.8. The Hall–Kier alpha value is 0.860. The number of nitrogens with zero attached hydrogens (tertiary/aromatic N) is 20. The number of halogens is 7. The lowest BCUT2D eigenvalue weighted by Crippen LogP contribution is -1.72. The Morgan fingerprint density at radius 2 is 0.625 bits per heavy atom. The monoisotopic (exact) mass is 1100 g/mol. The van der Waals surface area contributed by atoms with Gasteiger partial charge < -0.3 is 0 Å². The number of hydrogen-bond donors (Lipinski definition) is 0. The smallest absolute Gasteiger partial charge is 0.227 e. The molecule has 0 amide bonds. The van der Waals surface area contributed by atoms with Gasteiger partial charge in [-0.15, -0.1) is 43.9 Å². The van der Waals surface area contributed by atoms with Gasteiger partial charge in [-0.25, -0.2) is 9.53 Å². The van der Waals surface area contributed by atoms with Crippen LogP contribution in [0.3, 0.4) is 0 Å². The first kappa shape index (κ1) is 68.6. The Balaban J connectivity index is -0.000000179. The van der Waals surface area contributed by atoms with Crippen LogP contribution in [0.25, 0.3) is 0 Å². The molecule has 2 rings (SSSR count). The van der Waals surface area contributed by atoms with Gasteiger partial charge in [-0.2, -0.15) is 42.4 Å². The van der Waals surface area contributed by atoms with Crippen molar-refractivity contribution < 1.29 is 0 Å². The molecular formula is C20H52Cl7N20P9. The highest BCUT2D eigenvalue weighted by atomic mass is 35.9. The summed E-state index contributed by atoms with van der Waals surface area (Å²) in [5.74, 6) is -3.07. The Labute approximate surface area is 372 Å². The van der Waals surface area contributed by atoms with Crippen molar-refractivity contribution in [3.05, 3.63) is 0 Å². The van der Waals surface area contributed by atoms with E-state index >= 15 is 0 Å². The van der Waals surface area contributed by atoms with E-state index < -0.39 is 39.5 Å². The summed E-state index contributed by atoms with van der Waals surface area (Å²) in [7, 11) is 0.603. The summed E-state index contributed by atoms with van der Waals surface area (Å²) in [5.41, 5.74) is 0. The third-order valence-electron chi connectivity index (χ3n) is 2.92. The number of hydrogen-bond acceptors (Lipinski definition) is 14. The first-order chi connectivity index (χ1) is 26.5. The molecule has 0 saturated carbocycles. The molecule has 56 heavy (non-hydrogen) atoms. The van der Waals surface area contributed by atoms with E-state index in [1.54, 1.807) is 20.8 Å². The van der Waals surface area contributed by atoms with Gasteiger partial charge in [0, 0.05) is 18.6 Å². The van der Waals surface area contributed by atoms with Crippen molar-refractivity contribution >= 4 is 176 Å². The van der Waals surface area contributed by atoms with Crippen molar-refractivity contribution in [3.63, 3.8) is 0 Å². The topological polar surface area (TPSA) is 247 Å². The van der Waals surface area contributed by atoms with Crippen LogP contribution in [0.4, 0.5) is 0 Å². The van der Waals surface area contributed by atoms with E-state index in [1.165, 1.54) is 18.6 Å². The molecule has 0 saturated heterocycles. The molecule has 2 heterocycles. The molecule has 2 aliphatic heterocycles. The maximum Gasteiger partial charge on any atom is 0.303 e. The Bertz CT molecular complexity index is 1680. The van der Waals surface area contributed by atoms with Gasteiger partial charge in [0.25, 0.3) is 19.3 Å². The molecule has 0 bridgehead atoms. The van der Waals surface area contributed by atoms with Crippen molar-refractivity contribution in [2.24, 2.45) is 95.8 Å². The van der Waals surface area contributed by atoms with E-state index in [1.807, 2.05) is 83.1 Å². The van der Waals surface area contributed by atoms with Crippen LogP contribution >= 0.6 is 144 Å². The quantitative estimate of drug-likeness (QED) is 0.0811. The third kappa shape index (κ3) is 35.6. The predicted octanol–water partition coefficient (Wildman–Crippen LogP) is 23.4. The fourth-order valence-electron chi connectivity index (χ4n) is 1.67. The summed E-state index contributed by atoms with van der Waals surface area (Å²) in [6, 6.07) is 0. The van der Waals surface area contributed by atoms with Crippen molar-refractivity contribution in [1.29, 1.82) is 0 Å². The van der Waals surface area contributed by atoms with Gasteiger partial charge in [-0.3, -0.25) is 0 Å². The first-order valence-electron chi connectivity index (χ1n) is 16.1. The van der Waals surface area contributed by atoms with Crippen molar-refractivity contribution in [2.45, 2.75) is 104 Å². The summed E-state index contributed by atoms with van der Waals surface area (Å²) in [4.78, 5) is 33.6. The number of rotatable bonds is 11. The third-order valence-corrected chi connectivity index (χ3v) is 26.7. The molecular weight excluding hydrogens is 1050 g/mol. The van der Waals surface area contributed by atoms with Crippen LogP contribution in [0.2, 0.25) is 0 Å². The Kier molecular flexibility index (Phi) is 52.1. The predicted molar refractivity (Wildman–Crippen MR) is 269 cm³/mol. The first-order valence-corrected chi connectivity index (χ1v) is 34.8. The van der Waals surface area contributed by atoms with Crippen LogP contribution < -0.4 is 0 Å². The summed E-state index contributed by atoms with van der Waals surface area (Å²) < 4.78 is 31.3. The normalized spacial score (nSPS) is 27.2.